The fourth-order valence-corrected chi connectivity index (χ4v) is 2.83. The molecule has 0 atom stereocenters. The normalized spacial score (nSPS) is 21.4. The summed E-state index contributed by atoms with van der Waals surface area (Å²) in [6.45, 7) is 0.736. The van der Waals surface area contributed by atoms with Crippen LogP contribution in [0.25, 0.3) is 10.8 Å². The zero-order valence-electron chi connectivity index (χ0n) is 11.2. The van der Waals surface area contributed by atoms with Gasteiger partial charge in [0, 0.05) is 17.2 Å². The van der Waals surface area contributed by atoms with Gasteiger partial charge in [0.05, 0.1) is 18.1 Å². The van der Waals surface area contributed by atoms with E-state index in [1.165, 1.54) is 0 Å². The molecule has 0 aliphatic heterocycles. The standard InChI is InChI=1S/C15H18N4O/c16-7-11-4-10(5-11)6-15(20)19-14-3-1-2-12-8-17-18-9-13(12)14/h1-3,8-11H,4-7,16H2,(H,19,20). The van der Waals surface area contributed by atoms with Crippen LogP contribution in [-0.2, 0) is 4.79 Å². The van der Waals surface area contributed by atoms with E-state index in [9.17, 15) is 4.79 Å². The van der Waals surface area contributed by atoms with Gasteiger partial charge in [0.25, 0.3) is 0 Å². The van der Waals surface area contributed by atoms with E-state index < -0.39 is 0 Å². The molecule has 20 heavy (non-hydrogen) atoms. The van der Waals surface area contributed by atoms with E-state index in [0.717, 1.165) is 35.8 Å². The molecule has 0 saturated heterocycles. The van der Waals surface area contributed by atoms with E-state index >= 15 is 0 Å². The Morgan fingerprint density at radius 2 is 2.05 bits per heavy atom. The predicted molar refractivity (Wildman–Crippen MR) is 78.1 cm³/mol. The number of rotatable bonds is 4. The molecule has 1 aromatic heterocycles. The Morgan fingerprint density at radius 3 is 2.85 bits per heavy atom. The Bertz CT molecular complexity index is 617. The molecule has 1 aliphatic carbocycles. The lowest BCUT2D eigenvalue weighted by Crippen LogP contribution is -2.32. The zero-order valence-corrected chi connectivity index (χ0v) is 11.2. The molecule has 1 saturated carbocycles. The number of hydrogen-bond acceptors (Lipinski definition) is 4. The number of carbonyl (C=O) groups is 1. The molecule has 0 radical (unpaired) electrons. The smallest absolute Gasteiger partial charge is 0.224 e. The molecule has 5 heteroatoms. The van der Waals surface area contributed by atoms with Gasteiger partial charge in [-0.3, -0.25) is 4.79 Å². The van der Waals surface area contributed by atoms with Crippen molar-refractivity contribution in [1.82, 2.24) is 10.2 Å². The molecule has 104 valence electrons. The van der Waals surface area contributed by atoms with E-state index in [1.807, 2.05) is 18.2 Å². The lowest BCUT2D eigenvalue weighted by atomic mass is 9.73. The van der Waals surface area contributed by atoms with Gasteiger partial charge in [-0.2, -0.15) is 10.2 Å². The first-order valence-corrected chi connectivity index (χ1v) is 6.95. The highest BCUT2D eigenvalue weighted by Gasteiger charge is 2.29. The topological polar surface area (TPSA) is 80.9 Å². The maximum atomic E-state index is 12.1. The van der Waals surface area contributed by atoms with E-state index in [2.05, 4.69) is 15.5 Å². The second-order valence-corrected chi connectivity index (χ2v) is 5.49. The van der Waals surface area contributed by atoms with Crippen molar-refractivity contribution in [2.24, 2.45) is 17.6 Å². The molecule has 2 aromatic rings. The Balaban J connectivity index is 1.66. The SMILES string of the molecule is NCC1CC(CC(=O)Nc2cccc3cnncc23)C1. The molecule has 5 nitrogen and oxygen atoms in total. The third-order valence-electron chi connectivity index (χ3n) is 4.00. The van der Waals surface area contributed by atoms with Crippen LogP contribution in [0, 0.1) is 11.8 Å². The third kappa shape index (κ3) is 2.63. The minimum Gasteiger partial charge on any atom is -0.330 e. The van der Waals surface area contributed by atoms with E-state index in [-0.39, 0.29) is 5.91 Å². The van der Waals surface area contributed by atoms with Crippen LogP contribution >= 0.6 is 0 Å². The average molecular weight is 270 g/mol. The summed E-state index contributed by atoms with van der Waals surface area (Å²) < 4.78 is 0. The summed E-state index contributed by atoms with van der Waals surface area (Å²) in [4.78, 5) is 12.1. The minimum atomic E-state index is 0.0646. The molecule has 1 aliphatic rings. The number of anilines is 1. The van der Waals surface area contributed by atoms with Crippen LogP contribution in [0.4, 0.5) is 5.69 Å². The monoisotopic (exact) mass is 270 g/mol. The highest BCUT2D eigenvalue weighted by atomic mass is 16.1. The minimum absolute atomic E-state index is 0.0646. The predicted octanol–water partition coefficient (Wildman–Crippen LogP) is 1.94. The van der Waals surface area contributed by atoms with Crippen molar-refractivity contribution in [2.75, 3.05) is 11.9 Å². The summed E-state index contributed by atoms with van der Waals surface area (Å²) in [7, 11) is 0. The molecule has 1 fully saturated rings. The van der Waals surface area contributed by atoms with Gasteiger partial charge in [0.15, 0.2) is 0 Å². The maximum Gasteiger partial charge on any atom is 0.224 e. The number of benzene rings is 1. The van der Waals surface area contributed by atoms with E-state index in [4.69, 9.17) is 5.73 Å². The summed E-state index contributed by atoms with van der Waals surface area (Å²) in [6, 6.07) is 5.76. The van der Waals surface area contributed by atoms with Crippen LogP contribution in [-0.4, -0.2) is 22.6 Å². The highest BCUT2D eigenvalue weighted by Crippen LogP contribution is 2.35. The Kier molecular flexibility index (Phi) is 3.60. The molecule has 3 N–H and O–H groups in total. The van der Waals surface area contributed by atoms with Gasteiger partial charge in [0.1, 0.15) is 0 Å². The summed E-state index contributed by atoms with van der Waals surface area (Å²) in [5.41, 5.74) is 6.40. The van der Waals surface area contributed by atoms with Crippen molar-refractivity contribution < 1.29 is 4.79 Å². The van der Waals surface area contributed by atoms with Crippen molar-refractivity contribution in [3.05, 3.63) is 30.6 Å². The largest absolute Gasteiger partial charge is 0.330 e. The quantitative estimate of drug-likeness (QED) is 0.889. The van der Waals surface area contributed by atoms with Crippen molar-refractivity contribution in [3.8, 4) is 0 Å². The number of nitrogens with two attached hydrogens (primary N) is 1. The van der Waals surface area contributed by atoms with Crippen molar-refractivity contribution >= 4 is 22.4 Å². The average Bonchev–Trinajstić information content (AvgIpc) is 2.43. The van der Waals surface area contributed by atoms with Crippen molar-refractivity contribution in [1.29, 1.82) is 0 Å². The number of aromatic nitrogens is 2. The molecule has 3 rings (SSSR count). The molecule has 1 aromatic carbocycles. The summed E-state index contributed by atoms with van der Waals surface area (Å²) in [5, 5.41) is 12.6. The number of nitrogens with zero attached hydrogens (tertiary/aromatic N) is 2. The van der Waals surface area contributed by atoms with E-state index in [0.29, 0.717) is 18.3 Å². The fourth-order valence-electron chi connectivity index (χ4n) is 2.83. The number of amides is 1. The van der Waals surface area contributed by atoms with E-state index in [1.54, 1.807) is 12.4 Å². The van der Waals surface area contributed by atoms with Crippen LogP contribution in [0.1, 0.15) is 19.3 Å². The molecule has 0 bridgehead atoms. The zero-order chi connectivity index (χ0) is 13.9. The van der Waals surface area contributed by atoms with Gasteiger partial charge >= 0.3 is 0 Å². The molecular formula is C15H18N4O. The van der Waals surface area contributed by atoms with Crippen LogP contribution in [0.3, 0.4) is 0 Å². The summed E-state index contributed by atoms with van der Waals surface area (Å²) in [5.74, 6) is 1.16. The second kappa shape index (κ2) is 5.54. The van der Waals surface area contributed by atoms with Crippen LogP contribution in [0.2, 0.25) is 0 Å². The third-order valence-corrected chi connectivity index (χ3v) is 4.00. The number of carbonyl (C=O) groups excluding carboxylic acids is 1. The van der Waals surface area contributed by atoms with Crippen LogP contribution in [0.5, 0.6) is 0 Å². The molecule has 1 heterocycles. The lowest BCUT2D eigenvalue weighted by molar-refractivity contribution is -0.118. The van der Waals surface area contributed by atoms with Crippen LogP contribution < -0.4 is 11.1 Å². The van der Waals surface area contributed by atoms with Gasteiger partial charge in [0.2, 0.25) is 5.91 Å². The van der Waals surface area contributed by atoms with Gasteiger partial charge in [-0.1, -0.05) is 12.1 Å². The van der Waals surface area contributed by atoms with Gasteiger partial charge < -0.3 is 11.1 Å². The Labute approximate surface area is 117 Å². The van der Waals surface area contributed by atoms with Crippen LogP contribution in [0.15, 0.2) is 30.6 Å². The molecular weight excluding hydrogens is 252 g/mol. The van der Waals surface area contributed by atoms with Gasteiger partial charge in [-0.15, -0.1) is 0 Å². The van der Waals surface area contributed by atoms with Crippen molar-refractivity contribution in [2.45, 2.75) is 19.3 Å². The lowest BCUT2D eigenvalue weighted by Gasteiger charge is -2.34. The maximum absolute atomic E-state index is 12.1. The van der Waals surface area contributed by atoms with Gasteiger partial charge in [-0.25, -0.2) is 0 Å². The Hall–Kier alpha value is -2.01. The van der Waals surface area contributed by atoms with Gasteiger partial charge in [-0.05, 0) is 37.3 Å². The second-order valence-electron chi connectivity index (χ2n) is 5.49. The first-order valence-electron chi connectivity index (χ1n) is 6.95. The molecule has 0 unspecified atom stereocenters. The molecule has 0 spiro atoms. The highest BCUT2D eigenvalue weighted by molar-refractivity contribution is 6.01. The first kappa shape index (κ1) is 13.0. The number of fused-ring (bicyclic) bond motifs is 1. The Morgan fingerprint density at radius 1 is 1.25 bits per heavy atom. The summed E-state index contributed by atoms with van der Waals surface area (Å²) >= 11 is 0. The van der Waals surface area contributed by atoms with Crippen molar-refractivity contribution in [3.63, 3.8) is 0 Å². The first-order chi connectivity index (χ1) is 9.76. The fraction of sp³-hybridized carbons (Fsp3) is 0.400. The number of nitrogens with one attached hydrogen (secondary N) is 1. The number of hydrogen-bond donors (Lipinski definition) is 2. The molecule has 1 amide bonds. The summed E-state index contributed by atoms with van der Waals surface area (Å²) in [6.07, 6.45) is 6.10.